The fourth-order valence-corrected chi connectivity index (χ4v) is 4.23. The summed E-state index contributed by atoms with van der Waals surface area (Å²) in [6, 6.07) is 4.16. The number of benzene rings is 1. The lowest BCUT2D eigenvalue weighted by Gasteiger charge is -2.27. The zero-order valence-electron chi connectivity index (χ0n) is 20.2. The minimum absolute atomic E-state index is 0.0133. The van der Waals surface area contributed by atoms with Crippen molar-refractivity contribution in [3.05, 3.63) is 74.5 Å². The van der Waals surface area contributed by atoms with Gasteiger partial charge in [-0.3, -0.25) is 14.7 Å². The van der Waals surface area contributed by atoms with Crippen molar-refractivity contribution < 1.29 is 13.6 Å². The summed E-state index contributed by atoms with van der Waals surface area (Å²) in [4.78, 5) is 19.9. The molecule has 178 valence electrons. The van der Waals surface area contributed by atoms with Crippen molar-refractivity contribution >= 4 is 33.5 Å². The molecule has 2 heterocycles. The molecule has 3 rings (SSSR count). The number of halogens is 3. The van der Waals surface area contributed by atoms with Crippen molar-refractivity contribution in [3.63, 3.8) is 0 Å². The van der Waals surface area contributed by atoms with E-state index in [-0.39, 0.29) is 11.1 Å². The van der Waals surface area contributed by atoms with Crippen LogP contribution in [0, 0.1) is 18.6 Å². The van der Waals surface area contributed by atoms with Crippen LogP contribution < -0.4 is 0 Å². The van der Waals surface area contributed by atoms with E-state index in [4.69, 9.17) is 0 Å². The van der Waals surface area contributed by atoms with E-state index in [0.29, 0.717) is 25.1 Å². The predicted octanol–water partition coefficient (Wildman–Crippen LogP) is 6.35. The largest absolute Gasteiger partial charge is 0.345 e. The Hall–Kier alpha value is -2.38. The van der Waals surface area contributed by atoms with Crippen LogP contribution >= 0.6 is 15.9 Å². The van der Waals surface area contributed by atoms with Crippen molar-refractivity contribution in [1.29, 1.82) is 0 Å². The fraction of sp³-hybridized carbons (Fsp3) is 0.385. The van der Waals surface area contributed by atoms with Crippen LogP contribution in [0.2, 0.25) is 0 Å². The quantitative estimate of drug-likeness (QED) is 0.461. The average molecular weight is 520 g/mol. The van der Waals surface area contributed by atoms with Gasteiger partial charge in [-0.15, -0.1) is 0 Å². The zero-order chi connectivity index (χ0) is 24.7. The normalized spacial score (nSPS) is 14.3. The molecule has 1 aliphatic rings. The van der Waals surface area contributed by atoms with E-state index < -0.39 is 17.5 Å². The van der Waals surface area contributed by atoms with Gasteiger partial charge in [-0.2, -0.15) is 0 Å². The van der Waals surface area contributed by atoms with Gasteiger partial charge in [0, 0.05) is 66.8 Å². The first kappa shape index (κ1) is 26.9. The fourth-order valence-electron chi connectivity index (χ4n) is 3.71. The van der Waals surface area contributed by atoms with Crippen LogP contribution in [0.4, 0.5) is 8.78 Å². The van der Waals surface area contributed by atoms with Gasteiger partial charge in [-0.05, 0) is 44.0 Å². The second kappa shape index (κ2) is 12.2. The number of pyridine rings is 1. The minimum Gasteiger partial charge on any atom is -0.345 e. The third-order valence-electron chi connectivity index (χ3n) is 5.31. The first-order chi connectivity index (χ1) is 15.7. The molecule has 2 aromatic rings. The first-order valence-electron chi connectivity index (χ1n) is 11.1. The van der Waals surface area contributed by atoms with E-state index >= 15 is 0 Å². The SMILES string of the molecule is C/C(=C\c1c(Br)ccnc1C)CN1CC=C(c2c(F)cc(C(=O)N(C)C)cc2F)CC1.CC. The first-order valence-corrected chi connectivity index (χ1v) is 11.9. The van der Waals surface area contributed by atoms with Gasteiger partial charge in [0.2, 0.25) is 0 Å². The van der Waals surface area contributed by atoms with Crippen LogP contribution in [-0.2, 0) is 0 Å². The molecule has 0 bridgehead atoms. The standard InChI is InChI=1S/C24H26BrF2N3O.C2H6/c1-15(11-19-16(2)28-8-5-20(19)25)14-30-9-6-17(7-10-30)23-21(26)12-18(13-22(23)27)24(31)29(3)4;1-2/h5-6,8,11-13H,7,9-10,14H2,1-4H3;1-2H3/b15-11+;. The zero-order valence-corrected chi connectivity index (χ0v) is 21.8. The summed E-state index contributed by atoms with van der Waals surface area (Å²) in [5, 5.41) is 0. The molecule has 4 nitrogen and oxygen atoms in total. The number of aryl methyl sites for hydroxylation is 1. The Morgan fingerprint density at radius 3 is 2.39 bits per heavy atom. The Balaban J connectivity index is 0.00000187. The number of aromatic nitrogens is 1. The second-order valence-electron chi connectivity index (χ2n) is 8.01. The van der Waals surface area contributed by atoms with Crippen molar-refractivity contribution in [1.82, 2.24) is 14.8 Å². The molecule has 1 aromatic carbocycles. The molecular weight excluding hydrogens is 488 g/mol. The molecule has 0 atom stereocenters. The topological polar surface area (TPSA) is 36.4 Å². The number of hydrogen-bond donors (Lipinski definition) is 0. The Kier molecular flexibility index (Phi) is 9.92. The number of nitrogens with zero attached hydrogens (tertiary/aromatic N) is 3. The third kappa shape index (κ3) is 6.81. The van der Waals surface area contributed by atoms with Gasteiger partial charge in [0.15, 0.2) is 0 Å². The van der Waals surface area contributed by atoms with Crippen LogP contribution in [0.3, 0.4) is 0 Å². The van der Waals surface area contributed by atoms with Crippen molar-refractivity contribution in [2.24, 2.45) is 0 Å². The highest BCUT2D eigenvalue weighted by atomic mass is 79.9. The Morgan fingerprint density at radius 1 is 1.24 bits per heavy atom. The summed E-state index contributed by atoms with van der Waals surface area (Å²) >= 11 is 3.57. The molecule has 0 unspecified atom stereocenters. The summed E-state index contributed by atoms with van der Waals surface area (Å²) in [6.07, 6.45) is 6.30. The van der Waals surface area contributed by atoms with Gasteiger partial charge in [0.1, 0.15) is 11.6 Å². The highest BCUT2D eigenvalue weighted by Gasteiger charge is 2.22. The molecule has 0 saturated heterocycles. The molecular formula is C26H32BrF2N3O. The molecule has 1 aromatic heterocycles. The van der Waals surface area contributed by atoms with E-state index in [9.17, 15) is 13.6 Å². The van der Waals surface area contributed by atoms with Crippen molar-refractivity contribution in [2.45, 2.75) is 34.1 Å². The molecule has 0 N–H and O–H groups in total. The number of carbonyl (C=O) groups excluding carboxylic acids is 1. The number of amides is 1. The Labute approximate surface area is 204 Å². The van der Waals surface area contributed by atoms with Gasteiger partial charge in [0.05, 0.1) is 0 Å². The van der Waals surface area contributed by atoms with E-state index in [0.717, 1.165) is 34.4 Å². The molecule has 0 saturated carbocycles. The van der Waals surface area contributed by atoms with Gasteiger partial charge in [0.25, 0.3) is 5.91 Å². The van der Waals surface area contributed by atoms with E-state index in [1.807, 2.05) is 32.9 Å². The molecule has 0 aliphatic carbocycles. The van der Waals surface area contributed by atoms with Gasteiger partial charge in [-0.25, -0.2) is 8.78 Å². The van der Waals surface area contributed by atoms with Crippen molar-refractivity contribution in [3.8, 4) is 0 Å². The molecule has 1 amide bonds. The molecule has 33 heavy (non-hydrogen) atoms. The van der Waals surface area contributed by atoms with Crippen LogP contribution in [0.25, 0.3) is 11.6 Å². The minimum atomic E-state index is -0.696. The Morgan fingerprint density at radius 2 is 1.88 bits per heavy atom. The molecule has 1 aliphatic heterocycles. The van der Waals surface area contributed by atoms with Crippen molar-refractivity contribution in [2.75, 3.05) is 33.7 Å². The van der Waals surface area contributed by atoms with Crippen LogP contribution in [0.15, 0.2) is 40.5 Å². The lowest BCUT2D eigenvalue weighted by molar-refractivity contribution is 0.0826. The summed E-state index contributed by atoms with van der Waals surface area (Å²) in [5.74, 6) is -1.82. The maximum Gasteiger partial charge on any atom is 0.253 e. The van der Waals surface area contributed by atoms with E-state index in [1.54, 1.807) is 20.3 Å². The van der Waals surface area contributed by atoms with E-state index in [1.165, 1.54) is 10.5 Å². The Bertz CT molecular complexity index is 1020. The van der Waals surface area contributed by atoms with Crippen LogP contribution in [0.1, 0.15) is 54.4 Å². The summed E-state index contributed by atoms with van der Waals surface area (Å²) in [5.41, 5.74) is 3.82. The highest BCUT2D eigenvalue weighted by molar-refractivity contribution is 9.10. The maximum absolute atomic E-state index is 14.7. The van der Waals surface area contributed by atoms with Gasteiger partial charge in [-0.1, -0.05) is 47.5 Å². The molecule has 0 fully saturated rings. The monoisotopic (exact) mass is 519 g/mol. The lowest BCUT2D eigenvalue weighted by Crippen LogP contribution is -2.30. The number of carbonyl (C=O) groups is 1. The number of rotatable bonds is 5. The number of hydrogen-bond acceptors (Lipinski definition) is 3. The van der Waals surface area contributed by atoms with Gasteiger partial charge >= 0.3 is 0 Å². The molecule has 0 spiro atoms. The summed E-state index contributed by atoms with van der Waals surface area (Å²) < 4.78 is 30.3. The lowest BCUT2D eigenvalue weighted by atomic mass is 9.96. The van der Waals surface area contributed by atoms with E-state index in [2.05, 4.69) is 38.8 Å². The second-order valence-corrected chi connectivity index (χ2v) is 8.87. The van der Waals surface area contributed by atoms with Crippen LogP contribution in [0.5, 0.6) is 0 Å². The maximum atomic E-state index is 14.7. The van der Waals surface area contributed by atoms with Crippen LogP contribution in [-0.4, -0.2) is 54.4 Å². The van der Waals surface area contributed by atoms with Gasteiger partial charge < -0.3 is 4.90 Å². The third-order valence-corrected chi connectivity index (χ3v) is 6.00. The smallest absolute Gasteiger partial charge is 0.253 e. The molecule has 7 heteroatoms. The summed E-state index contributed by atoms with van der Waals surface area (Å²) in [7, 11) is 3.10. The summed E-state index contributed by atoms with van der Waals surface area (Å²) in [6.45, 7) is 10.1. The average Bonchev–Trinajstić information content (AvgIpc) is 2.78. The molecule has 0 radical (unpaired) electrons. The predicted molar refractivity (Wildman–Crippen MR) is 135 cm³/mol. The highest BCUT2D eigenvalue weighted by Crippen LogP contribution is 2.29.